The number of carbonyl (C=O) groups is 2. The van der Waals surface area contributed by atoms with Crippen LogP contribution in [0.5, 0.6) is 5.75 Å². The van der Waals surface area contributed by atoms with Gasteiger partial charge >= 0.3 is 11.9 Å². The largest absolute Gasteiger partial charge is 0.466 e. The molecule has 0 amide bonds. The van der Waals surface area contributed by atoms with Crippen LogP contribution in [0.4, 0.5) is 0 Å². The van der Waals surface area contributed by atoms with Crippen molar-refractivity contribution in [2.24, 2.45) is 0 Å². The van der Waals surface area contributed by atoms with Crippen LogP contribution in [-0.2, 0) is 20.7 Å². The van der Waals surface area contributed by atoms with Crippen molar-refractivity contribution in [3.05, 3.63) is 64.6 Å². The molecule has 3 aromatic rings. The minimum absolute atomic E-state index is 0.190. The smallest absolute Gasteiger partial charge is 0.310 e. The Bertz CT molecular complexity index is 1120. The zero-order chi connectivity index (χ0) is 22.2. The van der Waals surface area contributed by atoms with Crippen LogP contribution in [0.3, 0.4) is 0 Å². The highest BCUT2D eigenvalue weighted by molar-refractivity contribution is 5.88. The number of carbonyl (C=O) groups excluding carboxylic acids is 2. The normalized spacial score (nSPS) is 10.8. The van der Waals surface area contributed by atoms with Crippen LogP contribution in [0.15, 0.2) is 53.5 Å². The molecule has 0 aliphatic carbocycles. The van der Waals surface area contributed by atoms with E-state index in [9.17, 15) is 14.4 Å². The van der Waals surface area contributed by atoms with Crippen molar-refractivity contribution in [1.29, 1.82) is 0 Å². The summed E-state index contributed by atoms with van der Waals surface area (Å²) in [6, 6.07) is 12.8. The molecule has 0 saturated carbocycles. The van der Waals surface area contributed by atoms with Crippen LogP contribution >= 0.6 is 0 Å². The third-order valence-electron chi connectivity index (χ3n) is 4.87. The number of para-hydroxylation sites is 1. The maximum absolute atomic E-state index is 13.5. The summed E-state index contributed by atoms with van der Waals surface area (Å²) in [5.41, 5.74) is 1.25. The quantitative estimate of drug-likeness (QED) is 0.383. The zero-order valence-electron chi connectivity index (χ0n) is 17.8. The molecule has 0 bridgehead atoms. The number of ether oxygens (including phenoxy) is 2. The second-order valence-corrected chi connectivity index (χ2v) is 7.02. The van der Waals surface area contributed by atoms with E-state index in [0.717, 1.165) is 0 Å². The van der Waals surface area contributed by atoms with Gasteiger partial charge in [-0.1, -0.05) is 32.0 Å². The molecule has 0 saturated heterocycles. The van der Waals surface area contributed by atoms with Crippen molar-refractivity contribution in [2.45, 2.75) is 46.0 Å². The number of unbranched alkanes of at least 4 members (excludes halogenated alkanes) is 1. The number of hydrogen-bond acceptors (Lipinski definition) is 6. The number of pyridine rings is 2. The Labute approximate surface area is 180 Å². The van der Waals surface area contributed by atoms with Gasteiger partial charge in [-0.3, -0.25) is 19.0 Å². The van der Waals surface area contributed by atoms with Crippen LogP contribution in [0.25, 0.3) is 16.7 Å². The predicted octanol–water partition coefficient (Wildman–Crippen LogP) is 3.98. The van der Waals surface area contributed by atoms with Gasteiger partial charge in [0.05, 0.1) is 23.2 Å². The van der Waals surface area contributed by atoms with E-state index in [1.54, 1.807) is 36.7 Å². The van der Waals surface area contributed by atoms with Crippen molar-refractivity contribution in [3.63, 3.8) is 0 Å². The van der Waals surface area contributed by atoms with E-state index in [-0.39, 0.29) is 23.7 Å². The molecule has 0 radical (unpaired) electrons. The summed E-state index contributed by atoms with van der Waals surface area (Å²) >= 11 is 0. The van der Waals surface area contributed by atoms with Crippen LogP contribution in [0.1, 0.15) is 45.1 Å². The maximum Gasteiger partial charge on any atom is 0.310 e. The Balaban J connectivity index is 2.06. The number of hydrogen-bond donors (Lipinski definition) is 0. The van der Waals surface area contributed by atoms with E-state index in [0.29, 0.717) is 54.6 Å². The lowest BCUT2D eigenvalue weighted by Gasteiger charge is -2.17. The highest BCUT2D eigenvalue weighted by Crippen LogP contribution is 2.29. The van der Waals surface area contributed by atoms with Gasteiger partial charge in [0.15, 0.2) is 11.4 Å². The van der Waals surface area contributed by atoms with Gasteiger partial charge in [-0.05, 0) is 43.5 Å². The minimum atomic E-state index is -0.417. The minimum Gasteiger partial charge on any atom is -0.466 e. The Kier molecular flexibility index (Phi) is 7.54. The molecule has 0 fully saturated rings. The molecular formula is C24H26N2O5. The molecule has 0 spiro atoms. The number of aromatic nitrogens is 2. The highest BCUT2D eigenvalue weighted by Gasteiger charge is 2.21. The highest BCUT2D eigenvalue weighted by atomic mass is 16.5. The fourth-order valence-corrected chi connectivity index (χ4v) is 3.27. The fraction of sp³-hybridized carbons (Fsp3) is 0.333. The van der Waals surface area contributed by atoms with Gasteiger partial charge < -0.3 is 9.47 Å². The number of nitrogens with zero attached hydrogens (tertiary/aromatic N) is 2. The van der Waals surface area contributed by atoms with E-state index in [1.165, 1.54) is 0 Å². The molecule has 3 rings (SSSR count). The molecule has 2 aromatic heterocycles. The summed E-state index contributed by atoms with van der Waals surface area (Å²) < 4.78 is 12.3. The molecule has 31 heavy (non-hydrogen) atoms. The van der Waals surface area contributed by atoms with Crippen molar-refractivity contribution in [3.8, 4) is 11.4 Å². The third-order valence-corrected chi connectivity index (χ3v) is 4.87. The van der Waals surface area contributed by atoms with Crippen molar-refractivity contribution in [2.75, 3.05) is 6.61 Å². The molecule has 162 valence electrons. The van der Waals surface area contributed by atoms with Crippen molar-refractivity contribution in [1.82, 2.24) is 9.55 Å². The molecule has 0 unspecified atom stereocenters. The maximum atomic E-state index is 13.5. The van der Waals surface area contributed by atoms with Crippen LogP contribution in [0.2, 0.25) is 0 Å². The standard InChI is InChI=1S/C24H26N2O5/c1-3-20(27)30-16-9-8-13-19-22(31-21(28)4-2)18-14-10-15-25-23(18)26(24(19)29)17-11-6-5-7-12-17/h5-7,10-12,14-15H,3-4,8-9,13,16H2,1-2H3. The molecule has 0 aliphatic heterocycles. The Morgan fingerprint density at radius 2 is 1.71 bits per heavy atom. The van der Waals surface area contributed by atoms with E-state index in [2.05, 4.69) is 4.98 Å². The average Bonchev–Trinajstić information content (AvgIpc) is 2.80. The lowest BCUT2D eigenvalue weighted by atomic mass is 10.1. The van der Waals surface area contributed by atoms with Gasteiger partial charge in [-0.2, -0.15) is 0 Å². The second-order valence-electron chi connectivity index (χ2n) is 7.02. The number of benzene rings is 1. The van der Waals surface area contributed by atoms with Gasteiger partial charge in [0.2, 0.25) is 0 Å². The first-order valence-electron chi connectivity index (χ1n) is 10.5. The predicted molar refractivity (Wildman–Crippen MR) is 117 cm³/mol. The number of fused-ring (bicyclic) bond motifs is 1. The molecule has 0 atom stereocenters. The lowest BCUT2D eigenvalue weighted by Crippen LogP contribution is -2.25. The first-order valence-corrected chi connectivity index (χ1v) is 10.5. The Morgan fingerprint density at radius 3 is 2.42 bits per heavy atom. The zero-order valence-corrected chi connectivity index (χ0v) is 17.8. The second kappa shape index (κ2) is 10.5. The molecule has 1 aromatic carbocycles. The lowest BCUT2D eigenvalue weighted by molar-refractivity contribution is -0.143. The first-order chi connectivity index (χ1) is 15.1. The van der Waals surface area contributed by atoms with Gasteiger partial charge in [0, 0.05) is 19.0 Å². The molecular weight excluding hydrogens is 396 g/mol. The van der Waals surface area contributed by atoms with E-state index < -0.39 is 5.97 Å². The van der Waals surface area contributed by atoms with Crippen LogP contribution in [0, 0.1) is 0 Å². The summed E-state index contributed by atoms with van der Waals surface area (Å²) in [6.45, 7) is 3.74. The van der Waals surface area contributed by atoms with E-state index in [1.807, 2.05) is 30.3 Å². The van der Waals surface area contributed by atoms with Crippen molar-refractivity contribution >= 4 is 23.0 Å². The van der Waals surface area contributed by atoms with Crippen LogP contribution < -0.4 is 10.3 Å². The summed E-state index contributed by atoms with van der Waals surface area (Å²) in [4.78, 5) is 41.4. The van der Waals surface area contributed by atoms with Gasteiger partial charge in [0.25, 0.3) is 5.56 Å². The number of esters is 2. The molecule has 0 N–H and O–H groups in total. The summed E-state index contributed by atoms with van der Waals surface area (Å²) in [5, 5.41) is 0.597. The Morgan fingerprint density at radius 1 is 0.968 bits per heavy atom. The Hall–Kier alpha value is -3.48. The molecule has 7 heteroatoms. The topological polar surface area (TPSA) is 87.5 Å². The van der Waals surface area contributed by atoms with Gasteiger partial charge in [0.1, 0.15) is 0 Å². The average molecular weight is 422 g/mol. The summed E-state index contributed by atoms with van der Waals surface area (Å²) in [6.07, 6.45) is 3.71. The van der Waals surface area contributed by atoms with Gasteiger partial charge in [-0.25, -0.2) is 4.98 Å². The third kappa shape index (κ3) is 5.17. The fourth-order valence-electron chi connectivity index (χ4n) is 3.27. The molecule has 7 nitrogen and oxygen atoms in total. The summed E-state index contributed by atoms with van der Waals surface area (Å²) in [7, 11) is 0. The van der Waals surface area contributed by atoms with E-state index >= 15 is 0 Å². The molecule has 2 heterocycles. The monoisotopic (exact) mass is 422 g/mol. The SMILES string of the molecule is CCC(=O)OCCCCc1c(OC(=O)CC)c2cccnc2n(-c2ccccc2)c1=O. The number of rotatable bonds is 9. The molecule has 0 aliphatic rings. The van der Waals surface area contributed by atoms with Gasteiger partial charge in [-0.15, -0.1) is 0 Å². The summed E-state index contributed by atoms with van der Waals surface area (Å²) in [5.74, 6) is -0.404. The van der Waals surface area contributed by atoms with Crippen molar-refractivity contribution < 1.29 is 19.1 Å². The first kappa shape index (κ1) is 22.2. The van der Waals surface area contributed by atoms with Crippen LogP contribution in [-0.4, -0.2) is 28.1 Å². The van der Waals surface area contributed by atoms with E-state index in [4.69, 9.17) is 9.47 Å².